The number of aliphatic hydroxyl groups excluding tert-OH is 2. The third-order valence-corrected chi connectivity index (χ3v) is 12.8. The van der Waals surface area contributed by atoms with Crippen LogP contribution in [0.4, 0.5) is 11.8 Å². The predicted molar refractivity (Wildman–Crippen MR) is 163 cm³/mol. The molecule has 0 unspecified atom stereocenters. The number of pyridine rings is 1. The number of aromatic nitrogens is 5. The fourth-order valence-corrected chi connectivity index (χ4v) is 9.69. The van der Waals surface area contributed by atoms with Crippen molar-refractivity contribution in [3.05, 3.63) is 34.2 Å². The van der Waals surface area contributed by atoms with Crippen LogP contribution in [0.3, 0.4) is 0 Å². The van der Waals surface area contributed by atoms with Crippen molar-refractivity contribution in [1.82, 2.24) is 24.9 Å². The lowest BCUT2D eigenvalue weighted by Crippen LogP contribution is -2.36. The summed E-state index contributed by atoms with van der Waals surface area (Å²) in [6.45, 7) is 5.53. The van der Waals surface area contributed by atoms with E-state index in [9.17, 15) is 18.6 Å². The molecule has 0 bridgehead atoms. The smallest absolute Gasteiger partial charge is 0.225 e. The summed E-state index contributed by atoms with van der Waals surface area (Å²) in [6.07, 6.45) is 4.04. The summed E-state index contributed by atoms with van der Waals surface area (Å²) in [5.41, 5.74) is 4.07. The van der Waals surface area contributed by atoms with Gasteiger partial charge < -0.3 is 20.8 Å². The minimum atomic E-state index is -3.73. The lowest BCUT2D eigenvalue weighted by atomic mass is 10.1. The first-order chi connectivity index (χ1) is 20.1. The van der Waals surface area contributed by atoms with Crippen molar-refractivity contribution in [3.63, 3.8) is 0 Å². The molecule has 0 amide bonds. The van der Waals surface area contributed by atoms with E-state index in [1.54, 1.807) is 18.3 Å². The largest absolute Gasteiger partial charge is 0.390 e. The highest BCUT2D eigenvalue weighted by atomic mass is 32.2. The van der Waals surface area contributed by atoms with Gasteiger partial charge in [0.25, 0.3) is 0 Å². The van der Waals surface area contributed by atoms with Gasteiger partial charge in [0, 0.05) is 29.0 Å². The van der Waals surface area contributed by atoms with Crippen LogP contribution in [0.5, 0.6) is 0 Å². The molecule has 0 aromatic carbocycles. The first kappa shape index (κ1) is 28.0. The summed E-state index contributed by atoms with van der Waals surface area (Å²) >= 11 is 2.69. The number of nitrogens with zero attached hydrogens (tertiary/aromatic N) is 5. The zero-order valence-corrected chi connectivity index (χ0v) is 26.0. The van der Waals surface area contributed by atoms with Gasteiger partial charge in [0.05, 0.1) is 45.2 Å². The van der Waals surface area contributed by atoms with Gasteiger partial charge >= 0.3 is 0 Å². The van der Waals surface area contributed by atoms with Crippen LogP contribution in [-0.4, -0.2) is 73.6 Å². The molecule has 4 aromatic rings. The molecule has 42 heavy (non-hydrogen) atoms. The van der Waals surface area contributed by atoms with Crippen LogP contribution in [-0.2, 0) is 9.84 Å². The summed E-state index contributed by atoms with van der Waals surface area (Å²) in [7, 11) is -3.73. The van der Waals surface area contributed by atoms with Gasteiger partial charge in [0.1, 0.15) is 22.4 Å². The Morgan fingerprint density at radius 1 is 0.952 bits per heavy atom. The van der Waals surface area contributed by atoms with E-state index in [1.165, 1.54) is 0 Å². The Hall–Kier alpha value is -2.78. The van der Waals surface area contributed by atoms with E-state index in [0.717, 1.165) is 74.1 Å². The maximum atomic E-state index is 13.2. The summed E-state index contributed by atoms with van der Waals surface area (Å²) in [5.74, 6) is 0.469. The molecular weight excluding hydrogens is 595 g/mol. The number of fused-ring (bicyclic) bond motifs is 1. The number of aliphatic hydroxyl groups is 2. The molecule has 0 saturated heterocycles. The van der Waals surface area contributed by atoms with Gasteiger partial charge in [-0.3, -0.25) is 4.98 Å². The van der Waals surface area contributed by atoms with Crippen LogP contribution < -0.4 is 10.6 Å². The van der Waals surface area contributed by atoms with Crippen LogP contribution >= 0.6 is 22.7 Å². The van der Waals surface area contributed by atoms with Crippen molar-refractivity contribution >= 4 is 54.5 Å². The van der Waals surface area contributed by atoms with Crippen molar-refractivity contribution in [2.45, 2.75) is 87.4 Å². The van der Waals surface area contributed by atoms with E-state index >= 15 is 0 Å². The number of rotatable bonds is 9. The van der Waals surface area contributed by atoms with Crippen LogP contribution in [0.25, 0.3) is 20.8 Å². The second-order valence-corrected chi connectivity index (χ2v) is 16.2. The second kappa shape index (κ2) is 10.4. The molecule has 3 fully saturated rings. The maximum absolute atomic E-state index is 13.2. The normalized spacial score (nSPS) is 24.4. The molecule has 7 rings (SSSR count). The van der Waals surface area contributed by atoms with Gasteiger partial charge in [-0.1, -0.05) is 0 Å². The zero-order chi connectivity index (χ0) is 29.3. The molecule has 3 aliphatic carbocycles. The minimum absolute atomic E-state index is 0.0518. The molecule has 0 radical (unpaired) electrons. The molecular formula is C28H33N7O4S3. The van der Waals surface area contributed by atoms with Crippen molar-refractivity contribution in [2.75, 3.05) is 16.4 Å². The van der Waals surface area contributed by atoms with Gasteiger partial charge in [-0.05, 0) is 58.9 Å². The molecule has 4 heterocycles. The van der Waals surface area contributed by atoms with Gasteiger partial charge in [0.15, 0.2) is 0 Å². The fourth-order valence-electron chi connectivity index (χ4n) is 5.58. The SMILES string of the molecule is Cc1nc(S(=O)(=O)C[C@H]2C[C@@H](Nc3nc(NC4CC4)nc(C)c3-c3nc4c(C5CC5)nccc4s3)[C@H](O)[C@@H]2O)sc1C. The van der Waals surface area contributed by atoms with E-state index in [0.29, 0.717) is 29.4 Å². The number of anilines is 2. The summed E-state index contributed by atoms with van der Waals surface area (Å²) in [6, 6.07) is 1.69. The quantitative estimate of drug-likeness (QED) is 0.212. The highest BCUT2D eigenvalue weighted by Gasteiger charge is 2.44. The number of hydrogen-bond acceptors (Lipinski definition) is 13. The first-order valence-corrected chi connectivity index (χ1v) is 17.6. The Morgan fingerprint density at radius 3 is 2.43 bits per heavy atom. The van der Waals surface area contributed by atoms with E-state index < -0.39 is 34.0 Å². The monoisotopic (exact) mass is 627 g/mol. The minimum Gasteiger partial charge on any atom is -0.390 e. The molecule has 11 nitrogen and oxygen atoms in total. The highest BCUT2D eigenvalue weighted by Crippen LogP contribution is 2.45. The van der Waals surface area contributed by atoms with Crippen LogP contribution in [0, 0.1) is 26.7 Å². The summed E-state index contributed by atoms with van der Waals surface area (Å²) in [4.78, 5) is 24.2. The standard InChI is InChI=1S/C28H33N7O4S3/c1-12-14(3)40-28(31-12)42(38,39)11-16-10-18(24(37)23(16)36)33-25-20(13(2)30-27(35-25)32-17-6-7-17)26-34-22-19(41-26)8-9-29-21(22)15-4-5-15/h8-9,15-18,23-24,36-37H,4-7,10-11H2,1-3H3,(H2,30,32,33,35)/t16-,18-,23-,24+/m1/s1. The van der Waals surface area contributed by atoms with Crippen molar-refractivity contribution in [1.29, 1.82) is 0 Å². The van der Waals surface area contributed by atoms with Gasteiger partial charge in [0.2, 0.25) is 20.1 Å². The molecule has 4 N–H and O–H groups in total. The van der Waals surface area contributed by atoms with Crippen molar-refractivity contribution in [3.8, 4) is 10.6 Å². The summed E-state index contributed by atoms with van der Waals surface area (Å²) < 4.78 is 27.4. The molecule has 0 aliphatic heterocycles. The van der Waals surface area contributed by atoms with Crippen LogP contribution in [0.2, 0.25) is 0 Å². The topological polar surface area (TPSA) is 163 Å². The Bertz CT molecular complexity index is 1760. The van der Waals surface area contributed by atoms with Crippen LogP contribution in [0.1, 0.15) is 60.0 Å². The number of nitrogens with one attached hydrogen (secondary N) is 2. The third kappa shape index (κ3) is 5.27. The third-order valence-electron chi connectivity index (χ3n) is 8.35. The molecule has 0 spiro atoms. The Morgan fingerprint density at radius 2 is 1.74 bits per heavy atom. The molecule has 3 saturated carbocycles. The fraction of sp³-hybridized carbons (Fsp3) is 0.536. The van der Waals surface area contributed by atoms with Crippen LogP contribution in [0.15, 0.2) is 16.6 Å². The van der Waals surface area contributed by atoms with Gasteiger partial charge in [-0.2, -0.15) is 4.98 Å². The average Bonchev–Trinajstić information content (AvgIpc) is 3.85. The predicted octanol–water partition coefficient (Wildman–Crippen LogP) is 3.98. The Kier molecular flexibility index (Phi) is 6.96. The maximum Gasteiger partial charge on any atom is 0.225 e. The van der Waals surface area contributed by atoms with E-state index in [4.69, 9.17) is 15.0 Å². The highest BCUT2D eigenvalue weighted by molar-refractivity contribution is 7.93. The van der Waals surface area contributed by atoms with E-state index in [2.05, 4.69) is 20.6 Å². The average molecular weight is 628 g/mol. The Labute approximate surface area is 251 Å². The van der Waals surface area contributed by atoms with Gasteiger partial charge in [-0.15, -0.1) is 22.7 Å². The van der Waals surface area contributed by atoms with Gasteiger partial charge in [-0.25, -0.2) is 23.4 Å². The lowest BCUT2D eigenvalue weighted by molar-refractivity contribution is 0.0216. The molecule has 14 heteroatoms. The zero-order valence-electron chi connectivity index (χ0n) is 23.5. The van der Waals surface area contributed by atoms with E-state index in [-0.39, 0.29) is 16.5 Å². The number of hydrogen-bond donors (Lipinski definition) is 4. The second-order valence-electron chi connectivity index (χ2n) is 11.7. The van der Waals surface area contributed by atoms with Crippen molar-refractivity contribution < 1.29 is 18.6 Å². The number of thiazole rings is 2. The summed E-state index contributed by atoms with van der Waals surface area (Å²) in [5, 5.41) is 29.5. The van der Waals surface area contributed by atoms with Crippen molar-refractivity contribution in [2.24, 2.45) is 5.92 Å². The first-order valence-electron chi connectivity index (χ1n) is 14.3. The molecule has 4 atom stereocenters. The molecule has 222 valence electrons. The Balaban J connectivity index is 1.20. The van der Waals surface area contributed by atoms with E-state index in [1.807, 2.05) is 26.1 Å². The number of aryl methyl sites for hydroxylation is 3. The number of sulfone groups is 1. The molecule has 3 aliphatic rings. The lowest BCUT2D eigenvalue weighted by Gasteiger charge is -2.21. The molecule has 4 aromatic heterocycles.